The first-order valence-electron chi connectivity index (χ1n) is 7.74. The third-order valence-corrected chi connectivity index (χ3v) is 3.65. The van der Waals surface area contributed by atoms with Crippen LogP contribution in [0.25, 0.3) is 0 Å². The van der Waals surface area contributed by atoms with Crippen molar-refractivity contribution in [3.05, 3.63) is 35.8 Å². The number of hydrogen-bond acceptors (Lipinski definition) is 6. The van der Waals surface area contributed by atoms with Gasteiger partial charge in [-0.2, -0.15) is 0 Å². The molecule has 1 saturated carbocycles. The predicted molar refractivity (Wildman–Crippen MR) is 90.1 cm³/mol. The molecule has 0 bridgehead atoms. The average molecular weight is 328 g/mol. The second-order valence-electron chi connectivity index (χ2n) is 5.62. The van der Waals surface area contributed by atoms with Crippen LogP contribution in [-0.2, 0) is 0 Å². The summed E-state index contributed by atoms with van der Waals surface area (Å²) in [5, 5.41) is 6.09. The third-order valence-electron chi connectivity index (χ3n) is 3.65. The highest BCUT2D eigenvalue weighted by molar-refractivity contribution is 5.93. The standard InChI is InChI=1S/C17H20N4O3/c1-10-18-14(17(22)20-11-4-5-11)9-16(19-10)21-13-8-12(23-2)6-7-15(13)24-3/h6-9,11H,4-5H2,1-3H3,(H,20,22)(H,18,19,21). The van der Waals surface area contributed by atoms with Gasteiger partial charge < -0.3 is 20.1 Å². The van der Waals surface area contributed by atoms with E-state index < -0.39 is 0 Å². The zero-order valence-electron chi connectivity index (χ0n) is 13.9. The number of aromatic nitrogens is 2. The first kappa shape index (κ1) is 16.0. The van der Waals surface area contributed by atoms with Gasteiger partial charge in [0.2, 0.25) is 0 Å². The smallest absolute Gasteiger partial charge is 0.270 e. The molecule has 0 unspecified atom stereocenters. The number of anilines is 2. The summed E-state index contributed by atoms with van der Waals surface area (Å²) in [5.41, 5.74) is 1.04. The normalized spacial score (nSPS) is 13.3. The maximum Gasteiger partial charge on any atom is 0.270 e. The van der Waals surface area contributed by atoms with E-state index in [1.807, 2.05) is 6.07 Å². The molecular formula is C17H20N4O3. The molecule has 1 amide bonds. The van der Waals surface area contributed by atoms with E-state index in [1.165, 1.54) is 0 Å². The highest BCUT2D eigenvalue weighted by atomic mass is 16.5. The van der Waals surface area contributed by atoms with Gasteiger partial charge in [0.25, 0.3) is 5.91 Å². The van der Waals surface area contributed by atoms with Gasteiger partial charge >= 0.3 is 0 Å². The predicted octanol–water partition coefficient (Wildman–Crippen LogP) is 2.44. The largest absolute Gasteiger partial charge is 0.497 e. The Morgan fingerprint density at radius 2 is 1.96 bits per heavy atom. The van der Waals surface area contributed by atoms with Crippen LogP contribution in [0.1, 0.15) is 29.2 Å². The highest BCUT2D eigenvalue weighted by Crippen LogP contribution is 2.31. The van der Waals surface area contributed by atoms with E-state index >= 15 is 0 Å². The van der Waals surface area contributed by atoms with E-state index in [4.69, 9.17) is 9.47 Å². The Balaban J connectivity index is 1.86. The minimum atomic E-state index is -0.177. The molecule has 1 heterocycles. The number of nitrogens with zero attached hydrogens (tertiary/aromatic N) is 2. The summed E-state index contributed by atoms with van der Waals surface area (Å²) in [5.74, 6) is 2.20. The minimum absolute atomic E-state index is 0.177. The van der Waals surface area contributed by atoms with Crippen molar-refractivity contribution < 1.29 is 14.3 Å². The fraction of sp³-hybridized carbons (Fsp3) is 0.353. The summed E-state index contributed by atoms with van der Waals surface area (Å²) >= 11 is 0. The molecule has 0 atom stereocenters. The van der Waals surface area contributed by atoms with Gasteiger partial charge in [-0.25, -0.2) is 9.97 Å². The number of rotatable bonds is 6. The van der Waals surface area contributed by atoms with E-state index in [0.29, 0.717) is 34.5 Å². The molecule has 0 spiro atoms. The fourth-order valence-electron chi connectivity index (χ4n) is 2.28. The van der Waals surface area contributed by atoms with Crippen LogP contribution in [0.3, 0.4) is 0 Å². The van der Waals surface area contributed by atoms with Crippen LogP contribution in [0.2, 0.25) is 0 Å². The maximum absolute atomic E-state index is 12.2. The molecule has 7 nitrogen and oxygen atoms in total. The van der Waals surface area contributed by atoms with Crippen molar-refractivity contribution in [3.8, 4) is 11.5 Å². The molecule has 2 N–H and O–H groups in total. The number of methoxy groups -OCH3 is 2. The lowest BCUT2D eigenvalue weighted by Gasteiger charge is -2.13. The molecule has 126 valence electrons. The van der Waals surface area contributed by atoms with E-state index in [0.717, 1.165) is 12.8 Å². The molecule has 0 aliphatic heterocycles. The molecule has 1 aromatic heterocycles. The Labute approximate surface area is 140 Å². The molecule has 24 heavy (non-hydrogen) atoms. The Morgan fingerprint density at radius 3 is 2.62 bits per heavy atom. The number of amides is 1. The van der Waals surface area contributed by atoms with Crippen molar-refractivity contribution in [3.63, 3.8) is 0 Å². The van der Waals surface area contributed by atoms with Crippen LogP contribution < -0.4 is 20.1 Å². The van der Waals surface area contributed by atoms with Crippen LogP contribution in [0, 0.1) is 6.92 Å². The summed E-state index contributed by atoms with van der Waals surface area (Å²) < 4.78 is 10.6. The second-order valence-corrected chi connectivity index (χ2v) is 5.62. The van der Waals surface area contributed by atoms with Crippen LogP contribution >= 0.6 is 0 Å². The van der Waals surface area contributed by atoms with Crippen LogP contribution in [-0.4, -0.2) is 36.1 Å². The fourth-order valence-corrected chi connectivity index (χ4v) is 2.28. The molecule has 1 fully saturated rings. The average Bonchev–Trinajstić information content (AvgIpc) is 3.38. The highest BCUT2D eigenvalue weighted by Gasteiger charge is 2.24. The van der Waals surface area contributed by atoms with Gasteiger partial charge in [0.05, 0.1) is 19.9 Å². The number of benzene rings is 1. The van der Waals surface area contributed by atoms with E-state index in [9.17, 15) is 4.79 Å². The van der Waals surface area contributed by atoms with Crippen molar-refractivity contribution in [1.82, 2.24) is 15.3 Å². The van der Waals surface area contributed by atoms with Gasteiger partial charge in [-0.1, -0.05) is 0 Å². The quantitative estimate of drug-likeness (QED) is 0.847. The van der Waals surface area contributed by atoms with Gasteiger partial charge in [0.15, 0.2) is 0 Å². The zero-order chi connectivity index (χ0) is 17.1. The summed E-state index contributed by atoms with van der Waals surface area (Å²) in [6.07, 6.45) is 2.06. The van der Waals surface area contributed by atoms with Crippen molar-refractivity contribution in [1.29, 1.82) is 0 Å². The SMILES string of the molecule is COc1ccc(OC)c(Nc2cc(C(=O)NC3CC3)nc(C)n2)c1. The molecule has 0 radical (unpaired) electrons. The van der Waals surface area contributed by atoms with Gasteiger partial charge in [0.1, 0.15) is 28.8 Å². The molecule has 1 aliphatic rings. The minimum Gasteiger partial charge on any atom is -0.497 e. The van der Waals surface area contributed by atoms with Crippen molar-refractivity contribution >= 4 is 17.4 Å². The molecule has 0 saturated heterocycles. The first-order valence-corrected chi connectivity index (χ1v) is 7.74. The molecule has 2 aromatic rings. The Kier molecular flexibility index (Phi) is 4.50. The number of nitrogens with one attached hydrogen (secondary N) is 2. The number of hydrogen-bond donors (Lipinski definition) is 2. The van der Waals surface area contributed by atoms with Crippen molar-refractivity contribution in [2.75, 3.05) is 19.5 Å². The van der Waals surface area contributed by atoms with Crippen molar-refractivity contribution in [2.24, 2.45) is 0 Å². The van der Waals surface area contributed by atoms with E-state index in [1.54, 1.807) is 39.3 Å². The monoisotopic (exact) mass is 328 g/mol. The molecule has 1 aromatic carbocycles. The van der Waals surface area contributed by atoms with Crippen LogP contribution in [0.5, 0.6) is 11.5 Å². The first-order chi connectivity index (χ1) is 11.6. The number of aryl methyl sites for hydroxylation is 1. The summed E-state index contributed by atoms with van der Waals surface area (Å²) in [7, 11) is 3.19. The topological polar surface area (TPSA) is 85.4 Å². The molecule has 7 heteroatoms. The van der Waals surface area contributed by atoms with E-state index in [-0.39, 0.29) is 11.9 Å². The van der Waals surface area contributed by atoms with Gasteiger partial charge in [-0.3, -0.25) is 4.79 Å². The number of carbonyl (C=O) groups is 1. The summed E-state index contributed by atoms with van der Waals surface area (Å²) in [4.78, 5) is 20.8. The van der Waals surface area contributed by atoms with Gasteiger partial charge in [-0.05, 0) is 31.9 Å². The van der Waals surface area contributed by atoms with Gasteiger partial charge in [0, 0.05) is 18.2 Å². The van der Waals surface area contributed by atoms with E-state index in [2.05, 4.69) is 20.6 Å². The Bertz CT molecular complexity index is 759. The van der Waals surface area contributed by atoms with Crippen LogP contribution in [0.4, 0.5) is 11.5 Å². The number of carbonyl (C=O) groups excluding carboxylic acids is 1. The lowest BCUT2D eigenvalue weighted by molar-refractivity contribution is 0.0945. The second kappa shape index (κ2) is 6.74. The lowest BCUT2D eigenvalue weighted by atomic mass is 10.2. The molecule has 3 rings (SSSR count). The van der Waals surface area contributed by atoms with Crippen molar-refractivity contribution in [2.45, 2.75) is 25.8 Å². The summed E-state index contributed by atoms with van der Waals surface area (Å²) in [6.45, 7) is 1.75. The molecule has 1 aliphatic carbocycles. The zero-order valence-corrected chi connectivity index (χ0v) is 13.9. The third kappa shape index (κ3) is 3.73. The lowest BCUT2D eigenvalue weighted by Crippen LogP contribution is -2.26. The Morgan fingerprint density at radius 1 is 1.17 bits per heavy atom. The van der Waals surface area contributed by atoms with Gasteiger partial charge in [-0.15, -0.1) is 0 Å². The van der Waals surface area contributed by atoms with Crippen LogP contribution in [0.15, 0.2) is 24.3 Å². The number of ether oxygens (including phenoxy) is 2. The summed E-state index contributed by atoms with van der Waals surface area (Å²) in [6, 6.07) is 7.33. The Hall–Kier alpha value is -2.83. The molecular weight excluding hydrogens is 308 g/mol. The maximum atomic E-state index is 12.2.